The molecule has 0 radical (unpaired) electrons. The van der Waals surface area contributed by atoms with Gasteiger partial charge in [-0.3, -0.25) is 4.90 Å². The van der Waals surface area contributed by atoms with Crippen LogP contribution in [0.1, 0.15) is 5.56 Å². The van der Waals surface area contributed by atoms with Gasteiger partial charge < -0.3 is 5.73 Å². The topological polar surface area (TPSA) is 29.3 Å². The lowest BCUT2D eigenvalue weighted by Crippen LogP contribution is -2.54. The summed E-state index contributed by atoms with van der Waals surface area (Å²) < 4.78 is 0. The van der Waals surface area contributed by atoms with E-state index in [1.54, 1.807) is 0 Å². The predicted molar refractivity (Wildman–Crippen MR) is 49.7 cm³/mol. The Morgan fingerprint density at radius 1 is 1.25 bits per heavy atom. The molecule has 0 saturated carbocycles. The van der Waals surface area contributed by atoms with Crippen molar-refractivity contribution in [1.82, 2.24) is 4.90 Å². The largest absolute Gasteiger partial charge is 0.325 e. The first kappa shape index (κ1) is 7.77. The van der Waals surface area contributed by atoms with Crippen molar-refractivity contribution < 1.29 is 0 Å². The molecule has 1 aromatic carbocycles. The van der Waals surface area contributed by atoms with Gasteiger partial charge in [-0.15, -0.1) is 0 Å². The standard InChI is InChI=1S/C10H14N2/c11-10-7-12(8-10)6-9-4-2-1-3-5-9/h1-5,10H,6-8,11H2. The van der Waals surface area contributed by atoms with Crippen LogP contribution in [0.25, 0.3) is 0 Å². The Labute approximate surface area is 73.0 Å². The molecule has 1 saturated heterocycles. The lowest BCUT2D eigenvalue weighted by Gasteiger charge is -2.36. The van der Waals surface area contributed by atoms with Crippen molar-refractivity contribution in [3.05, 3.63) is 35.9 Å². The second-order valence-electron chi connectivity index (χ2n) is 3.44. The highest BCUT2D eigenvalue weighted by molar-refractivity contribution is 5.14. The minimum atomic E-state index is 0.411. The number of benzene rings is 1. The Morgan fingerprint density at radius 3 is 2.50 bits per heavy atom. The molecule has 0 atom stereocenters. The molecule has 1 aromatic rings. The van der Waals surface area contributed by atoms with E-state index in [1.165, 1.54) is 5.56 Å². The van der Waals surface area contributed by atoms with E-state index < -0.39 is 0 Å². The molecule has 2 rings (SSSR count). The summed E-state index contributed by atoms with van der Waals surface area (Å²) >= 11 is 0. The molecule has 1 fully saturated rings. The minimum absolute atomic E-state index is 0.411. The lowest BCUT2D eigenvalue weighted by atomic mass is 10.1. The first-order chi connectivity index (χ1) is 5.84. The van der Waals surface area contributed by atoms with Gasteiger partial charge in [0.15, 0.2) is 0 Å². The second-order valence-corrected chi connectivity index (χ2v) is 3.44. The summed E-state index contributed by atoms with van der Waals surface area (Å²) in [6.45, 7) is 3.15. The molecule has 1 aliphatic rings. The number of likely N-dealkylation sites (tertiary alicyclic amines) is 1. The molecule has 2 N–H and O–H groups in total. The van der Waals surface area contributed by atoms with Gasteiger partial charge in [0.1, 0.15) is 0 Å². The molecule has 0 amide bonds. The molecule has 0 unspecified atom stereocenters. The van der Waals surface area contributed by atoms with E-state index in [0.717, 1.165) is 19.6 Å². The lowest BCUT2D eigenvalue weighted by molar-refractivity contribution is 0.142. The highest BCUT2D eigenvalue weighted by atomic mass is 15.2. The summed E-state index contributed by atoms with van der Waals surface area (Å²) in [5.74, 6) is 0. The molecule has 64 valence electrons. The molecule has 0 spiro atoms. The van der Waals surface area contributed by atoms with E-state index in [4.69, 9.17) is 5.73 Å². The van der Waals surface area contributed by atoms with Gasteiger partial charge in [0.2, 0.25) is 0 Å². The predicted octanol–water partition coefficient (Wildman–Crippen LogP) is 0.829. The van der Waals surface area contributed by atoms with Crippen molar-refractivity contribution in [1.29, 1.82) is 0 Å². The fraction of sp³-hybridized carbons (Fsp3) is 0.400. The maximum absolute atomic E-state index is 5.68. The first-order valence-corrected chi connectivity index (χ1v) is 4.36. The van der Waals surface area contributed by atoms with Gasteiger partial charge in [-0.1, -0.05) is 30.3 Å². The molecule has 12 heavy (non-hydrogen) atoms. The maximum Gasteiger partial charge on any atom is 0.0297 e. The number of hydrogen-bond donors (Lipinski definition) is 1. The Bertz CT molecular complexity index is 239. The van der Waals surface area contributed by atoms with Crippen LogP contribution in [0.3, 0.4) is 0 Å². The highest BCUT2D eigenvalue weighted by Gasteiger charge is 2.22. The molecule has 2 heteroatoms. The molecular formula is C10H14N2. The van der Waals surface area contributed by atoms with E-state index >= 15 is 0 Å². The molecular weight excluding hydrogens is 148 g/mol. The summed E-state index contributed by atoms with van der Waals surface area (Å²) in [5, 5.41) is 0. The average molecular weight is 162 g/mol. The Kier molecular flexibility index (Phi) is 2.11. The third-order valence-electron chi connectivity index (χ3n) is 2.23. The number of hydrogen-bond acceptors (Lipinski definition) is 2. The van der Waals surface area contributed by atoms with Crippen molar-refractivity contribution in [2.45, 2.75) is 12.6 Å². The minimum Gasteiger partial charge on any atom is -0.325 e. The highest BCUT2D eigenvalue weighted by Crippen LogP contribution is 2.10. The normalized spacial score (nSPS) is 19.1. The zero-order valence-corrected chi connectivity index (χ0v) is 7.11. The van der Waals surface area contributed by atoms with Crippen molar-refractivity contribution in [3.63, 3.8) is 0 Å². The van der Waals surface area contributed by atoms with E-state index in [1.807, 2.05) is 6.07 Å². The van der Waals surface area contributed by atoms with Crippen molar-refractivity contribution in [2.24, 2.45) is 5.73 Å². The summed E-state index contributed by atoms with van der Waals surface area (Å²) in [6, 6.07) is 10.9. The summed E-state index contributed by atoms with van der Waals surface area (Å²) in [4.78, 5) is 2.36. The zero-order chi connectivity index (χ0) is 8.39. The second kappa shape index (κ2) is 3.25. The summed E-state index contributed by atoms with van der Waals surface area (Å²) in [7, 11) is 0. The molecule has 1 heterocycles. The van der Waals surface area contributed by atoms with E-state index in [2.05, 4.69) is 29.2 Å². The van der Waals surface area contributed by atoms with Crippen LogP contribution in [0.4, 0.5) is 0 Å². The Balaban J connectivity index is 1.88. The van der Waals surface area contributed by atoms with Crippen LogP contribution in [-0.4, -0.2) is 24.0 Å². The SMILES string of the molecule is NC1CN(Cc2ccccc2)C1. The van der Waals surface area contributed by atoms with Gasteiger partial charge in [0, 0.05) is 25.7 Å². The van der Waals surface area contributed by atoms with Crippen LogP contribution in [0.2, 0.25) is 0 Å². The van der Waals surface area contributed by atoms with Crippen molar-refractivity contribution >= 4 is 0 Å². The average Bonchev–Trinajstić information content (AvgIpc) is 2.04. The zero-order valence-electron chi connectivity index (χ0n) is 7.11. The van der Waals surface area contributed by atoms with E-state index in [-0.39, 0.29) is 0 Å². The Morgan fingerprint density at radius 2 is 1.92 bits per heavy atom. The third kappa shape index (κ3) is 1.65. The van der Waals surface area contributed by atoms with Crippen LogP contribution >= 0.6 is 0 Å². The quantitative estimate of drug-likeness (QED) is 0.698. The molecule has 0 aromatic heterocycles. The summed E-state index contributed by atoms with van der Waals surface area (Å²) in [6.07, 6.45) is 0. The molecule has 0 bridgehead atoms. The first-order valence-electron chi connectivity index (χ1n) is 4.36. The maximum atomic E-state index is 5.68. The summed E-state index contributed by atoms with van der Waals surface area (Å²) in [5.41, 5.74) is 7.06. The molecule has 2 nitrogen and oxygen atoms in total. The van der Waals surface area contributed by atoms with Gasteiger partial charge >= 0.3 is 0 Å². The van der Waals surface area contributed by atoms with Crippen LogP contribution in [-0.2, 0) is 6.54 Å². The molecule has 0 aliphatic carbocycles. The van der Waals surface area contributed by atoms with E-state index in [9.17, 15) is 0 Å². The fourth-order valence-electron chi connectivity index (χ4n) is 1.58. The van der Waals surface area contributed by atoms with Gasteiger partial charge in [-0.05, 0) is 5.56 Å². The molecule has 1 aliphatic heterocycles. The van der Waals surface area contributed by atoms with Crippen LogP contribution in [0.5, 0.6) is 0 Å². The van der Waals surface area contributed by atoms with Crippen LogP contribution < -0.4 is 5.73 Å². The van der Waals surface area contributed by atoms with E-state index in [0.29, 0.717) is 6.04 Å². The van der Waals surface area contributed by atoms with Gasteiger partial charge in [0.25, 0.3) is 0 Å². The van der Waals surface area contributed by atoms with Gasteiger partial charge in [-0.2, -0.15) is 0 Å². The van der Waals surface area contributed by atoms with Crippen molar-refractivity contribution in [2.75, 3.05) is 13.1 Å². The fourth-order valence-corrected chi connectivity index (χ4v) is 1.58. The monoisotopic (exact) mass is 162 g/mol. The third-order valence-corrected chi connectivity index (χ3v) is 2.23. The number of nitrogens with zero attached hydrogens (tertiary/aromatic N) is 1. The Hall–Kier alpha value is -0.860. The van der Waals surface area contributed by atoms with Crippen LogP contribution in [0, 0.1) is 0 Å². The van der Waals surface area contributed by atoms with Gasteiger partial charge in [-0.25, -0.2) is 0 Å². The number of rotatable bonds is 2. The van der Waals surface area contributed by atoms with Crippen molar-refractivity contribution in [3.8, 4) is 0 Å². The smallest absolute Gasteiger partial charge is 0.0297 e. The number of nitrogens with two attached hydrogens (primary N) is 1. The van der Waals surface area contributed by atoms with Crippen LogP contribution in [0.15, 0.2) is 30.3 Å². The van der Waals surface area contributed by atoms with Gasteiger partial charge in [0.05, 0.1) is 0 Å².